The first kappa shape index (κ1) is 14.5. The third-order valence-electron chi connectivity index (χ3n) is 4.51. The summed E-state index contributed by atoms with van der Waals surface area (Å²) in [7, 11) is 4.43. The van der Waals surface area contributed by atoms with Gasteiger partial charge in [0.25, 0.3) is 0 Å². The maximum Gasteiger partial charge on any atom is 0.0948 e. The number of aromatic nitrogens is 2. The Morgan fingerprint density at radius 1 is 1.37 bits per heavy atom. The van der Waals surface area contributed by atoms with Crippen LogP contribution in [0, 0.1) is 0 Å². The van der Waals surface area contributed by atoms with E-state index < -0.39 is 0 Å². The summed E-state index contributed by atoms with van der Waals surface area (Å²) in [5.41, 5.74) is 1.67. The van der Waals surface area contributed by atoms with Crippen molar-refractivity contribution in [2.24, 2.45) is 0 Å². The van der Waals surface area contributed by atoms with Crippen LogP contribution in [0.2, 0.25) is 0 Å². The molecule has 1 heterocycles. The molecule has 108 valence electrons. The van der Waals surface area contributed by atoms with E-state index in [-0.39, 0.29) is 0 Å². The summed E-state index contributed by atoms with van der Waals surface area (Å²) in [5, 5.41) is 3.65. The number of hydrogen-bond acceptors (Lipinski definition) is 3. The smallest absolute Gasteiger partial charge is 0.0948 e. The van der Waals surface area contributed by atoms with E-state index >= 15 is 0 Å². The normalized spacial score (nSPS) is 18.3. The van der Waals surface area contributed by atoms with E-state index in [2.05, 4.69) is 40.8 Å². The first-order chi connectivity index (χ1) is 9.18. The molecule has 0 saturated heterocycles. The quantitative estimate of drug-likeness (QED) is 0.820. The molecule has 1 saturated carbocycles. The van der Waals surface area contributed by atoms with Gasteiger partial charge in [0.15, 0.2) is 0 Å². The summed E-state index contributed by atoms with van der Waals surface area (Å²) in [5.74, 6) is 0. The summed E-state index contributed by atoms with van der Waals surface area (Å²) < 4.78 is 2.25. The van der Waals surface area contributed by atoms with Gasteiger partial charge in [-0.3, -0.25) is 0 Å². The molecule has 0 spiro atoms. The van der Waals surface area contributed by atoms with Gasteiger partial charge >= 0.3 is 0 Å². The van der Waals surface area contributed by atoms with Gasteiger partial charge in [0.1, 0.15) is 0 Å². The molecule has 19 heavy (non-hydrogen) atoms. The van der Waals surface area contributed by atoms with Gasteiger partial charge in [-0.1, -0.05) is 19.8 Å². The third kappa shape index (κ3) is 3.37. The zero-order valence-corrected chi connectivity index (χ0v) is 12.7. The Kier molecular flexibility index (Phi) is 4.99. The van der Waals surface area contributed by atoms with Gasteiger partial charge in [0.05, 0.1) is 12.0 Å². The van der Waals surface area contributed by atoms with Crippen LogP contribution in [0.25, 0.3) is 0 Å². The molecule has 1 fully saturated rings. The lowest BCUT2D eigenvalue weighted by molar-refractivity contribution is 0.153. The van der Waals surface area contributed by atoms with Crippen LogP contribution < -0.4 is 5.32 Å². The van der Waals surface area contributed by atoms with Crippen LogP contribution in [0.1, 0.15) is 44.7 Å². The van der Waals surface area contributed by atoms with Crippen LogP contribution in [-0.4, -0.2) is 40.6 Å². The van der Waals surface area contributed by atoms with Crippen LogP contribution >= 0.6 is 0 Å². The second-order valence-corrected chi connectivity index (χ2v) is 6.01. The lowest BCUT2D eigenvalue weighted by atomic mass is 9.96. The van der Waals surface area contributed by atoms with Gasteiger partial charge in [0.2, 0.25) is 0 Å². The van der Waals surface area contributed by atoms with Gasteiger partial charge < -0.3 is 14.8 Å². The van der Waals surface area contributed by atoms with Crippen LogP contribution in [0.15, 0.2) is 12.5 Å². The van der Waals surface area contributed by atoms with Crippen LogP contribution in [0.3, 0.4) is 0 Å². The van der Waals surface area contributed by atoms with E-state index in [1.165, 1.54) is 31.4 Å². The zero-order chi connectivity index (χ0) is 13.7. The molecule has 1 N–H and O–H groups in total. The first-order valence-electron chi connectivity index (χ1n) is 7.55. The van der Waals surface area contributed by atoms with Gasteiger partial charge in [-0.15, -0.1) is 0 Å². The second-order valence-electron chi connectivity index (χ2n) is 6.01. The molecule has 0 aliphatic heterocycles. The molecule has 1 aromatic heterocycles. The Morgan fingerprint density at radius 3 is 2.74 bits per heavy atom. The summed E-state index contributed by atoms with van der Waals surface area (Å²) in [6, 6.07) is 0. The van der Waals surface area contributed by atoms with E-state index in [9.17, 15) is 0 Å². The molecule has 2 rings (SSSR count). The van der Waals surface area contributed by atoms with Crippen molar-refractivity contribution in [1.29, 1.82) is 0 Å². The standard InChI is InChI=1S/C15H28N4/c1-4-9-19-13-17-11-14(19)10-16-12-15(18(2)3)7-5-6-8-15/h11,13,16H,4-10,12H2,1-3H3. The van der Waals surface area contributed by atoms with Gasteiger partial charge in [-0.25, -0.2) is 4.98 Å². The highest BCUT2D eigenvalue weighted by Crippen LogP contribution is 2.33. The lowest BCUT2D eigenvalue weighted by Gasteiger charge is -2.36. The minimum Gasteiger partial charge on any atom is -0.333 e. The lowest BCUT2D eigenvalue weighted by Crippen LogP contribution is -2.49. The van der Waals surface area contributed by atoms with E-state index in [4.69, 9.17) is 0 Å². The molecule has 4 nitrogen and oxygen atoms in total. The van der Waals surface area contributed by atoms with Crippen LogP contribution in [0.4, 0.5) is 0 Å². The van der Waals surface area contributed by atoms with Crippen molar-refractivity contribution in [1.82, 2.24) is 19.8 Å². The maximum absolute atomic E-state index is 4.26. The molecule has 0 amide bonds. The van der Waals surface area contributed by atoms with E-state index in [0.29, 0.717) is 5.54 Å². The van der Waals surface area contributed by atoms with Crippen molar-refractivity contribution >= 4 is 0 Å². The van der Waals surface area contributed by atoms with E-state index in [1.807, 2.05) is 12.5 Å². The molecule has 1 aromatic rings. The largest absolute Gasteiger partial charge is 0.333 e. The number of aryl methyl sites for hydroxylation is 1. The molecule has 0 radical (unpaired) electrons. The number of nitrogens with one attached hydrogen (secondary N) is 1. The Balaban J connectivity index is 1.86. The topological polar surface area (TPSA) is 33.1 Å². The van der Waals surface area contributed by atoms with Crippen molar-refractivity contribution in [3.05, 3.63) is 18.2 Å². The Hall–Kier alpha value is -0.870. The number of hydrogen-bond donors (Lipinski definition) is 1. The second kappa shape index (κ2) is 6.53. The minimum absolute atomic E-state index is 0.371. The SMILES string of the molecule is CCCn1cncc1CNCC1(N(C)C)CCCC1. The highest BCUT2D eigenvalue weighted by Gasteiger charge is 2.35. The summed E-state index contributed by atoms with van der Waals surface area (Å²) in [6.07, 6.45) is 10.5. The van der Waals surface area contributed by atoms with Crippen molar-refractivity contribution in [2.45, 2.75) is 57.7 Å². The minimum atomic E-state index is 0.371. The predicted octanol–water partition coefficient (Wildman–Crippen LogP) is 2.26. The van der Waals surface area contributed by atoms with E-state index in [0.717, 1.165) is 26.1 Å². The number of rotatable bonds is 7. The van der Waals surface area contributed by atoms with Gasteiger partial charge in [0, 0.05) is 31.4 Å². The van der Waals surface area contributed by atoms with Crippen molar-refractivity contribution in [3.63, 3.8) is 0 Å². The van der Waals surface area contributed by atoms with Crippen molar-refractivity contribution in [3.8, 4) is 0 Å². The highest BCUT2D eigenvalue weighted by molar-refractivity contribution is 5.00. The average molecular weight is 264 g/mol. The monoisotopic (exact) mass is 264 g/mol. The number of imidazole rings is 1. The fourth-order valence-corrected chi connectivity index (χ4v) is 3.18. The molecule has 1 aliphatic rings. The number of nitrogens with zero attached hydrogens (tertiary/aromatic N) is 3. The predicted molar refractivity (Wildman–Crippen MR) is 79.1 cm³/mol. The fourth-order valence-electron chi connectivity index (χ4n) is 3.18. The zero-order valence-electron chi connectivity index (χ0n) is 12.7. The first-order valence-corrected chi connectivity index (χ1v) is 7.55. The molecule has 0 aromatic carbocycles. The summed E-state index contributed by atoms with van der Waals surface area (Å²) >= 11 is 0. The molecular formula is C15H28N4. The van der Waals surface area contributed by atoms with Crippen molar-refractivity contribution in [2.75, 3.05) is 20.6 Å². The third-order valence-corrected chi connectivity index (χ3v) is 4.51. The summed E-state index contributed by atoms with van der Waals surface area (Å²) in [4.78, 5) is 6.67. The summed E-state index contributed by atoms with van der Waals surface area (Å²) in [6.45, 7) is 5.28. The van der Waals surface area contributed by atoms with E-state index in [1.54, 1.807) is 0 Å². The maximum atomic E-state index is 4.26. The molecule has 0 bridgehead atoms. The average Bonchev–Trinajstić information content (AvgIpc) is 3.01. The Labute approximate surface area is 117 Å². The Morgan fingerprint density at radius 2 is 2.11 bits per heavy atom. The molecule has 0 unspecified atom stereocenters. The number of likely N-dealkylation sites (N-methyl/N-ethyl adjacent to an activating group) is 1. The van der Waals surface area contributed by atoms with Crippen molar-refractivity contribution < 1.29 is 0 Å². The highest BCUT2D eigenvalue weighted by atomic mass is 15.2. The molecule has 4 heteroatoms. The molecule has 0 atom stereocenters. The van der Waals surface area contributed by atoms with Crippen LogP contribution in [-0.2, 0) is 13.1 Å². The fraction of sp³-hybridized carbons (Fsp3) is 0.800. The molecular weight excluding hydrogens is 236 g/mol. The Bertz CT molecular complexity index is 377. The van der Waals surface area contributed by atoms with Gasteiger partial charge in [-0.05, 0) is 33.4 Å². The van der Waals surface area contributed by atoms with Crippen LogP contribution in [0.5, 0.6) is 0 Å². The van der Waals surface area contributed by atoms with Gasteiger partial charge in [-0.2, -0.15) is 0 Å². The molecule has 1 aliphatic carbocycles.